The van der Waals surface area contributed by atoms with Gasteiger partial charge in [0, 0.05) is 59.0 Å². The molecule has 0 spiro atoms. The van der Waals surface area contributed by atoms with Crippen molar-refractivity contribution in [1.29, 1.82) is 0 Å². The highest BCUT2D eigenvalue weighted by Gasteiger charge is 2.20. The number of piperazine rings is 1. The average Bonchev–Trinajstić information content (AvgIpc) is 3.02. The molecule has 1 aromatic rings. The molecule has 8 heteroatoms. The number of aliphatic imine (C=N–C) groups is 1. The number of nitrogens with one attached hydrogen (secondary N) is 1. The van der Waals surface area contributed by atoms with Gasteiger partial charge in [-0.3, -0.25) is 9.79 Å². The molecule has 2 rings (SSSR count). The molecule has 1 aromatic heterocycles. The first-order valence-corrected chi connectivity index (χ1v) is 8.24. The van der Waals surface area contributed by atoms with Crippen LogP contribution < -0.4 is 5.32 Å². The van der Waals surface area contributed by atoms with Crippen LogP contribution in [0.15, 0.2) is 9.52 Å². The highest BCUT2D eigenvalue weighted by Crippen LogP contribution is 2.04. The van der Waals surface area contributed by atoms with Gasteiger partial charge in [0.05, 0.1) is 0 Å². The number of carbonyl (C=O) groups excluding carboxylic acids is 1. The maximum absolute atomic E-state index is 11.4. The zero-order chi connectivity index (χ0) is 16.7. The fourth-order valence-electron chi connectivity index (χ4n) is 2.46. The van der Waals surface area contributed by atoms with Crippen molar-refractivity contribution in [1.82, 2.24) is 25.3 Å². The molecule has 23 heavy (non-hydrogen) atoms. The summed E-state index contributed by atoms with van der Waals surface area (Å²) in [7, 11) is 0. The minimum absolute atomic E-state index is 0.135. The Labute approximate surface area is 136 Å². The van der Waals surface area contributed by atoms with Gasteiger partial charge in [0.1, 0.15) is 0 Å². The van der Waals surface area contributed by atoms with Crippen LogP contribution in [-0.4, -0.2) is 71.1 Å². The summed E-state index contributed by atoms with van der Waals surface area (Å²) in [6, 6.07) is 0. The highest BCUT2D eigenvalue weighted by atomic mass is 16.5. The summed E-state index contributed by atoms with van der Waals surface area (Å²) < 4.78 is 5.10. The zero-order valence-electron chi connectivity index (χ0n) is 14.2. The van der Waals surface area contributed by atoms with Gasteiger partial charge in [0.2, 0.25) is 11.8 Å². The van der Waals surface area contributed by atoms with Gasteiger partial charge in [-0.05, 0) is 6.92 Å². The average molecular weight is 322 g/mol. The number of aromatic nitrogens is 2. The standard InChI is InChI=1S/C15H26N6O2/c1-4-14-18-13(19-23-14)6-7-17-15(16-5-2)21-10-8-20(9-11-21)12(3)22/h4-11H2,1-3H3,(H,16,17). The lowest BCUT2D eigenvalue weighted by atomic mass is 10.3. The van der Waals surface area contributed by atoms with Gasteiger partial charge in [0.25, 0.3) is 0 Å². The van der Waals surface area contributed by atoms with Crippen LogP contribution in [0.4, 0.5) is 0 Å². The fourth-order valence-corrected chi connectivity index (χ4v) is 2.46. The van der Waals surface area contributed by atoms with E-state index in [-0.39, 0.29) is 5.91 Å². The fraction of sp³-hybridized carbons (Fsp3) is 0.733. The van der Waals surface area contributed by atoms with Crippen molar-refractivity contribution in [3.05, 3.63) is 11.7 Å². The lowest BCUT2D eigenvalue weighted by molar-refractivity contribution is -0.130. The van der Waals surface area contributed by atoms with E-state index in [1.54, 1.807) is 6.92 Å². The Balaban J connectivity index is 1.88. The Morgan fingerprint density at radius 1 is 1.26 bits per heavy atom. The van der Waals surface area contributed by atoms with Crippen LogP contribution in [0.25, 0.3) is 0 Å². The predicted molar refractivity (Wildman–Crippen MR) is 87.2 cm³/mol. The molecule has 0 aromatic carbocycles. The predicted octanol–water partition coefficient (Wildman–Crippen LogP) is 0.304. The van der Waals surface area contributed by atoms with Gasteiger partial charge in [-0.1, -0.05) is 12.1 Å². The summed E-state index contributed by atoms with van der Waals surface area (Å²) >= 11 is 0. The molecule has 2 heterocycles. The first-order valence-electron chi connectivity index (χ1n) is 8.24. The van der Waals surface area contributed by atoms with Crippen LogP contribution in [0.3, 0.4) is 0 Å². The van der Waals surface area contributed by atoms with Crippen LogP contribution in [0.1, 0.15) is 32.5 Å². The van der Waals surface area contributed by atoms with Crippen molar-refractivity contribution in [3.8, 4) is 0 Å². The number of aryl methyl sites for hydroxylation is 1. The Morgan fingerprint density at radius 3 is 2.52 bits per heavy atom. The number of carbonyl (C=O) groups is 1. The Bertz CT molecular complexity index is 534. The third-order valence-corrected chi connectivity index (χ3v) is 3.77. The third kappa shape index (κ3) is 4.94. The lowest BCUT2D eigenvalue weighted by Gasteiger charge is -2.36. The van der Waals surface area contributed by atoms with Crippen LogP contribution in [0.2, 0.25) is 0 Å². The summed E-state index contributed by atoms with van der Waals surface area (Å²) in [6.07, 6.45) is 1.41. The Morgan fingerprint density at radius 2 is 1.96 bits per heavy atom. The summed E-state index contributed by atoms with van der Waals surface area (Å²) in [5.74, 6) is 2.38. The molecule has 0 atom stereocenters. The largest absolute Gasteiger partial charge is 0.357 e. The van der Waals surface area contributed by atoms with Crippen LogP contribution >= 0.6 is 0 Å². The van der Waals surface area contributed by atoms with E-state index < -0.39 is 0 Å². The normalized spacial score (nSPS) is 15.9. The van der Waals surface area contributed by atoms with E-state index in [9.17, 15) is 4.79 Å². The van der Waals surface area contributed by atoms with Crippen molar-refractivity contribution in [2.45, 2.75) is 33.6 Å². The van der Waals surface area contributed by atoms with Gasteiger partial charge in [-0.2, -0.15) is 4.98 Å². The Hall–Kier alpha value is -2.12. The number of rotatable bonds is 5. The van der Waals surface area contributed by atoms with Crippen LogP contribution in [-0.2, 0) is 17.6 Å². The molecule has 1 aliphatic rings. The topological polar surface area (TPSA) is 86.9 Å². The molecule has 0 saturated carbocycles. The van der Waals surface area contributed by atoms with E-state index in [0.29, 0.717) is 24.7 Å². The molecular weight excluding hydrogens is 296 g/mol. The van der Waals surface area contributed by atoms with Gasteiger partial charge in [-0.25, -0.2) is 0 Å². The Kier molecular flexibility index (Phi) is 6.37. The molecule has 0 bridgehead atoms. The summed E-state index contributed by atoms with van der Waals surface area (Å²) in [5, 5.41) is 7.25. The molecule has 1 amide bonds. The van der Waals surface area contributed by atoms with E-state index in [4.69, 9.17) is 4.52 Å². The maximum Gasteiger partial charge on any atom is 0.226 e. The molecule has 0 radical (unpaired) electrons. The number of nitrogens with zero attached hydrogens (tertiary/aromatic N) is 5. The van der Waals surface area contributed by atoms with E-state index in [1.165, 1.54) is 0 Å². The highest BCUT2D eigenvalue weighted by molar-refractivity contribution is 5.80. The van der Waals surface area contributed by atoms with Crippen LogP contribution in [0, 0.1) is 0 Å². The quantitative estimate of drug-likeness (QED) is 0.620. The second kappa shape index (κ2) is 8.50. The van der Waals surface area contributed by atoms with Gasteiger partial charge < -0.3 is 19.6 Å². The number of guanidine groups is 1. The van der Waals surface area contributed by atoms with Gasteiger partial charge in [0.15, 0.2) is 11.8 Å². The minimum Gasteiger partial charge on any atom is -0.357 e. The van der Waals surface area contributed by atoms with Crippen molar-refractivity contribution in [3.63, 3.8) is 0 Å². The van der Waals surface area contributed by atoms with E-state index in [1.807, 2.05) is 18.7 Å². The summed E-state index contributed by atoms with van der Waals surface area (Å²) in [6.45, 7) is 10.2. The summed E-state index contributed by atoms with van der Waals surface area (Å²) in [5.41, 5.74) is 0. The molecule has 1 aliphatic heterocycles. The molecule has 1 fully saturated rings. The molecule has 1 N–H and O–H groups in total. The van der Waals surface area contributed by atoms with E-state index in [2.05, 4.69) is 25.3 Å². The van der Waals surface area contributed by atoms with E-state index >= 15 is 0 Å². The monoisotopic (exact) mass is 322 g/mol. The van der Waals surface area contributed by atoms with Crippen molar-refractivity contribution < 1.29 is 9.32 Å². The number of hydrogen-bond acceptors (Lipinski definition) is 5. The zero-order valence-corrected chi connectivity index (χ0v) is 14.2. The molecule has 0 unspecified atom stereocenters. The molecule has 0 aliphatic carbocycles. The SMILES string of the molecule is CCNC(=NCCc1noc(CC)n1)N1CCN(C(C)=O)CC1. The summed E-state index contributed by atoms with van der Waals surface area (Å²) in [4.78, 5) is 24.4. The lowest BCUT2D eigenvalue weighted by Crippen LogP contribution is -2.53. The maximum atomic E-state index is 11.4. The van der Waals surface area contributed by atoms with Crippen LogP contribution in [0.5, 0.6) is 0 Å². The first kappa shape index (κ1) is 17.2. The number of amides is 1. The molecule has 1 saturated heterocycles. The second-order valence-corrected chi connectivity index (χ2v) is 5.44. The molecule has 128 valence electrons. The second-order valence-electron chi connectivity index (χ2n) is 5.44. The number of hydrogen-bond donors (Lipinski definition) is 1. The smallest absolute Gasteiger partial charge is 0.226 e. The first-order chi connectivity index (χ1) is 11.1. The van der Waals surface area contributed by atoms with Crippen molar-refractivity contribution in [2.75, 3.05) is 39.3 Å². The van der Waals surface area contributed by atoms with Crippen molar-refractivity contribution in [2.24, 2.45) is 4.99 Å². The van der Waals surface area contributed by atoms with Gasteiger partial charge >= 0.3 is 0 Å². The molecule has 8 nitrogen and oxygen atoms in total. The van der Waals surface area contributed by atoms with Gasteiger partial charge in [-0.15, -0.1) is 0 Å². The molecular formula is C15H26N6O2. The van der Waals surface area contributed by atoms with Crippen molar-refractivity contribution >= 4 is 11.9 Å². The minimum atomic E-state index is 0.135. The van der Waals surface area contributed by atoms with E-state index in [0.717, 1.165) is 45.1 Å². The third-order valence-electron chi connectivity index (χ3n) is 3.77.